The van der Waals surface area contributed by atoms with E-state index in [2.05, 4.69) is 15.2 Å². The van der Waals surface area contributed by atoms with Gasteiger partial charge in [0.15, 0.2) is 0 Å². The van der Waals surface area contributed by atoms with E-state index in [1.807, 2.05) is 0 Å². The Morgan fingerprint density at radius 2 is 2.62 bits per heavy atom. The van der Waals surface area contributed by atoms with Gasteiger partial charge in [-0.3, -0.25) is 9.89 Å². The van der Waals surface area contributed by atoms with Gasteiger partial charge in [-0.1, -0.05) is 0 Å². The lowest BCUT2D eigenvalue weighted by Crippen LogP contribution is -2.54. The molecule has 16 heavy (non-hydrogen) atoms. The van der Waals surface area contributed by atoms with Crippen molar-refractivity contribution >= 4 is 5.91 Å². The Kier molecular flexibility index (Phi) is 2.88. The molecular formula is C9H15N5O2. The van der Waals surface area contributed by atoms with Gasteiger partial charge < -0.3 is 15.4 Å². The molecule has 0 spiro atoms. The number of hydrogen-bond acceptors (Lipinski definition) is 5. The molecular weight excluding hydrogens is 210 g/mol. The van der Waals surface area contributed by atoms with E-state index in [9.17, 15) is 4.79 Å². The summed E-state index contributed by atoms with van der Waals surface area (Å²) in [6.07, 6.45) is 1.97. The van der Waals surface area contributed by atoms with Gasteiger partial charge in [-0.15, -0.1) is 0 Å². The van der Waals surface area contributed by atoms with Gasteiger partial charge in [0.25, 0.3) is 0 Å². The van der Waals surface area contributed by atoms with Crippen molar-refractivity contribution in [3.05, 3.63) is 12.2 Å². The van der Waals surface area contributed by atoms with E-state index in [4.69, 9.17) is 10.5 Å². The Hall–Kier alpha value is -1.47. The van der Waals surface area contributed by atoms with Crippen LogP contribution in [0.25, 0.3) is 0 Å². The summed E-state index contributed by atoms with van der Waals surface area (Å²) < 4.78 is 5.16. The maximum Gasteiger partial charge on any atom is 0.245 e. The molecule has 1 saturated heterocycles. The maximum absolute atomic E-state index is 12.1. The monoisotopic (exact) mass is 225 g/mol. The van der Waals surface area contributed by atoms with Crippen LogP contribution in [0.15, 0.2) is 6.33 Å². The summed E-state index contributed by atoms with van der Waals surface area (Å²) >= 11 is 0. The van der Waals surface area contributed by atoms with Gasteiger partial charge >= 0.3 is 0 Å². The molecule has 2 heterocycles. The molecule has 0 aromatic carbocycles. The van der Waals surface area contributed by atoms with Gasteiger partial charge in [0.1, 0.15) is 17.7 Å². The first-order valence-electron chi connectivity index (χ1n) is 5.08. The van der Waals surface area contributed by atoms with E-state index in [1.165, 1.54) is 11.2 Å². The number of aromatic nitrogens is 3. The summed E-state index contributed by atoms with van der Waals surface area (Å²) in [6.45, 7) is 1.20. The molecule has 0 radical (unpaired) electrons. The van der Waals surface area contributed by atoms with E-state index in [0.29, 0.717) is 25.4 Å². The molecule has 88 valence electrons. The Balaban J connectivity index is 1.99. The zero-order valence-electron chi connectivity index (χ0n) is 9.14. The predicted molar refractivity (Wildman–Crippen MR) is 55.2 cm³/mol. The topological polar surface area (TPSA) is 97.1 Å². The molecule has 1 aromatic rings. The average molecular weight is 225 g/mol. The van der Waals surface area contributed by atoms with Crippen LogP contribution in [0.5, 0.6) is 0 Å². The predicted octanol–water partition coefficient (Wildman–Crippen LogP) is -1.12. The normalized spacial score (nSPS) is 24.6. The molecule has 1 aromatic heterocycles. The molecule has 2 rings (SSSR count). The molecule has 1 amide bonds. The second-order valence-electron chi connectivity index (χ2n) is 4.05. The van der Waals surface area contributed by atoms with Crippen LogP contribution in [-0.4, -0.2) is 51.8 Å². The van der Waals surface area contributed by atoms with E-state index in [1.54, 1.807) is 7.05 Å². The van der Waals surface area contributed by atoms with Crippen molar-refractivity contribution in [3.63, 3.8) is 0 Å². The zero-order valence-corrected chi connectivity index (χ0v) is 9.14. The number of nitrogens with one attached hydrogen (secondary N) is 1. The number of likely N-dealkylation sites (N-methyl/N-ethyl adjacent to an activating group) is 1. The van der Waals surface area contributed by atoms with Gasteiger partial charge in [0, 0.05) is 13.7 Å². The fourth-order valence-electron chi connectivity index (χ4n) is 1.73. The summed E-state index contributed by atoms with van der Waals surface area (Å²) in [5, 5.41) is 6.42. The van der Waals surface area contributed by atoms with Gasteiger partial charge in [-0.2, -0.15) is 5.10 Å². The van der Waals surface area contributed by atoms with Crippen molar-refractivity contribution in [2.45, 2.75) is 18.5 Å². The number of nitrogens with two attached hydrogens (primary N) is 1. The Morgan fingerprint density at radius 1 is 1.81 bits per heavy atom. The van der Waals surface area contributed by atoms with Gasteiger partial charge in [0.05, 0.1) is 13.2 Å². The number of rotatable bonds is 3. The Morgan fingerprint density at radius 3 is 3.19 bits per heavy atom. The van der Waals surface area contributed by atoms with Gasteiger partial charge in [-0.05, 0) is 6.42 Å². The minimum absolute atomic E-state index is 0.124. The molecule has 0 bridgehead atoms. The summed E-state index contributed by atoms with van der Waals surface area (Å²) in [7, 11) is 1.69. The van der Waals surface area contributed by atoms with Crippen LogP contribution in [0.2, 0.25) is 0 Å². The largest absolute Gasteiger partial charge is 0.379 e. The molecule has 1 aliphatic heterocycles. The molecule has 1 fully saturated rings. The molecule has 1 unspecified atom stereocenters. The first-order chi connectivity index (χ1) is 7.62. The highest BCUT2D eigenvalue weighted by Gasteiger charge is 2.40. The average Bonchev–Trinajstić information content (AvgIpc) is 2.89. The van der Waals surface area contributed by atoms with E-state index in [0.717, 1.165) is 0 Å². The van der Waals surface area contributed by atoms with Gasteiger partial charge in [-0.25, -0.2) is 4.98 Å². The second-order valence-corrected chi connectivity index (χ2v) is 4.05. The van der Waals surface area contributed by atoms with Crippen molar-refractivity contribution in [1.29, 1.82) is 0 Å². The highest BCUT2D eigenvalue weighted by Crippen LogP contribution is 2.18. The number of aromatic amines is 1. The quantitative estimate of drug-likeness (QED) is 0.679. The van der Waals surface area contributed by atoms with Crippen LogP contribution in [0.3, 0.4) is 0 Å². The summed E-state index contributed by atoms with van der Waals surface area (Å²) in [5.41, 5.74) is 5.09. The third kappa shape index (κ3) is 2.05. The van der Waals surface area contributed by atoms with E-state index < -0.39 is 5.54 Å². The molecule has 0 saturated carbocycles. The summed E-state index contributed by atoms with van der Waals surface area (Å²) in [6, 6.07) is 0. The molecule has 7 heteroatoms. The van der Waals surface area contributed by atoms with Crippen molar-refractivity contribution in [2.75, 3.05) is 20.3 Å². The van der Waals surface area contributed by atoms with Crippen LogP contribution in [0.4, 0.5) is 0 Å². The molecule has 7 nitrogen and oxygen atoms in total. The van der Waals surface area contributed by atoms with Crippen molar-refractivity contribution in [2.24, 2.45) is 5.73 Å². The van der Waals surface area contributed by atoms with Crippen molar-refractivity contribution < 1.29 is 9.53 Å². The third-order valence-corrected chi connectivity index (χ3v) is 2.68. The minimum Gasteiger partial charge on any atom is -0.379 e. The molecule has 3 N–H and O–H groups in total. The molecule has 1 atom stereocenters. The number of nitrogens with zero attached hydrogens (tertiary/aromatic N) is 3. The lowest BCUT2D eigenvalue weighted by atomic mass is 9.98. The van der Waals surface area contributed by atoms with Crippen LogP contribution in [0.1, 0.15) is 12.2 Å². The number of carbonyl (C=O) groups is 1. The molecule has 0 aliphatic carbocycles. The van der Waals surface area contributed by atoms with Crippen molar-refractivity contribution in [3.8, 4) is 0 Å². The highest BCUT2D eigenvalue weighted by molar-refractivity contribution is 5.86. The van der Waals surface area contributed by atoms with Crippen LogP contribution < -0.4 is 5.73 Å². The second kappa shape index (κ2) is 4.18. The lowest BCUT2D eigenvalue weighted by molar-refractivity contribution is -0.136. The Bertz CT molecular complexity index is 358. The number of carbonyl (C=O) groups excluding carboxylic acids is 1. The number of ether oxygens (including phenoxy) is 1. The standard InChI is InChI=1S/C9H15N5O2/c1-14(4-7-11-6-12-13-7)8(15)9(10)2-3-16-5-9/h6H,2-5,10H2,1H3,(H,11,12,13). The zero-order chi connectivity index (χ0) is 11.6. The number of H-pyrrole nitrogens is 1. The third-order valence-electron chi connectivity index (χ3n) is 2.68. The minimum atomic E-state index is -0.880. The number of hydrogen-bond donors (Lipinski definition) is 2. The summed E-state index contributed by atoms with van der Waals surface area (Å²) in [5.74, 6) is 0.514. The maximum atomic E-state index is 12.1. The van der Waals surface area contributed by atoms with Crippen LogP contribution in [-0.2, 0) is 16.1 Å². The van der Waals surface area contributed by atoms with Crippen molar-refractivity contribution in [1.82, 2.24) is 20.1 Å². The Labute approximate surface area is 93.0 Å². The highest BCUT2D eigenvalue weighted by atomic mass is 16.5. The first kappa shape index (κ1) is 11.0. The SMILES string of the molecule is CN(Cc1ncn[nH]1)C(=O)C1(N)CCOC1. The van der Waals surface area contributed by atoms with Crippen LogP contribution >= 0.6 is 0 Å². The van der Waals surface area contributed by atoms with Crippen LogP contribution in [0, 0.1) is 0 Å². The summed E-state index contributed by atoms with van der Waals surface area (Å²) in [4.78, 5) is 17.5. The van der Waals surface area contributed by atoms with E-state index in [-0.39, 0.29) is 12.5 Å². The van der Waals surface area contributed by atoms with Gasteiger partial charge in [0.2, 0.25) is 5.91 Å². The lowest BCUT2D eigenvalue weighted by Gasteiger charge is -2.26. The number of amides is 1. The fourth-order valence-corrected chi connectivity index (χ4v) is 1.73. The van der Waals surface area contributed by atoms with E-state index >= 15 is 0 Å². The smallest absolute Gasteiger partial charge is 0.245 e. The fraction of sp³-hybridized carbons (Fsp3) is 0.667. The molecule has 1 aliphatic rings. The first-order valence-corrected chi connectivity index (χ1v) is 5.08.